The third-order valence-corrected chi connectivity index (χ3v) is 4.29. The van der Waals surface area contributed by atoms with Crippen LogP contribution in [0, 0.1) is 0 Å². The highest BCUT2D eigenvalue weighted by Gasteiger charge is 2.22. The van der Waals surface area contributed by atoms with Crippen molar-refractivity contribution in [2.45, 2.75) is 38.8 Å². The molecule has 0 spiro atoms. The van der Waals surface area contributed by atoms with E-state index >= 15 is 0 Å². The van der Waals surface area contributed by atoms with Gasteiger partial charge in [0.15, 0.2) is 5.76 Å². The summed E-state index contributed by atoms with van der Waals surface area (Å²) in [5.74, 6) is 1.68. The molecule has 4 heteroatoms. The van der Waals surface area contributed by atoms with E-state index in [1.165, 1.54) is 12.8 Å². The topological polar surface area (TPSA) is 41.3 Å². The molecule has 0 aliphatic carbocycles. The zero-order valence-electron chi connectivity index (χ0n) is 13.3. The molecule has 1 N–H and O–H groups in total. The van der Waals surface area contributed by atoms with Crippen LogP contribution in [-0.2, 0) is 6.54 Å². The first kappa shape index (κ1) is 15.3. The lowest BCUT2D eigenvalue weighted by Gasteiger charge is -2.33. The molecule has 1 aromatic carbocycles. The monoisotopic (exact) mass is 299 g/mol. The minimum atomic E-state index is 0.647. The van der Waals surface area contributed by atoms with Gasteiger partial charge >= 0.3 is 0 Å². The smallest absolute Gasteiger partial charge is 0.209 e. The van der Waals surface area contributed by atoms with Crippen LogP contribution < -0.4 is 5.32 Å². The number of nitrogens with one attached hydrogen (secondary N) is 1. The Balaban J connectivity index is 1.69. The zero-order chi connectivity index (χ0) is 15.2. The van der Waals surface area contributed by atoms with E-state index in [9.17, 15) is 0 Å². The molecule has 2 aromatic rings. The summed E-state index contributed by atoms with van der Waals surface area (Å²) in [6.45, 7) is 6.38. The summed E-state index contributed by atoms with van der Waals surface area (Å²) >= 11 is 0. The SMILES string of the molecule is CCCN(Cc1ncc(-c2ccccc2)o1)C1CCNCC1. The number of rotatable bonds is 6. The Kier molecular flexibility index (Phi) is 5.24. The Labute approximate surface area is 132 Å². The Morgan fingerprint density at radius 2 is 2.00 bits per heavy atom. The van der Waals surface area contributed by atoms with Crippen molar-refractivity contribution >= 4 is 0 Å². The van der Waals surface area contributed by atoms with Gasteiger partial charge in [0, 0.05) is 11.6 Å². The Hall–Kier alpha value is -1.65. The fourth-order valence-corrected chi connectivity index (χ4v) is 3.14. The first-order valence-corrected chi connectivity index (χ1v) is 8.31. The molecule has 1 saturated heterocycles. The van der Waals surface area contributed by atoms with E-state index in [-0.39, 0.29) is 0 Å². The van der Waals surface area contributed by atoms with Crippen molar-refractivity contribution in [1.29, 1.82) is 0 Å². The fraction of sp³-hybridized carbons (Fsp3) is 0.500. The molecule has 1 aliphatic rings. The zero-order valence-corrected chi connectivity index (χ0v) is 13.3. The fourth-order valence-electron chi connectivity index (χ4n) is 3.14. The van der Waals surface area contributed by atoms with Gasteiger partial charge in [0.05, 0.1) is 12.7 Å². The summed E-state index contributed by atoms with van der Waals surface area (Å²) in [5.41, 5.74) is 1.09. The Morgan fingerprint density at radius 1 is 1.23 bits per heavy atom. The van der Waals surface area contributed by atoms with Crippen molar-refractivity contribution in [2.75, 3.05) is 19.6 Å². The van der Waals surface area contributed by atoms with E-state index in [1.807, 2.05) is 24.4 Å². The van der Waals surface area contributed by atoms with Crippen molar-refractivity contribution in [2.24, 2.45) is 0 Å². The number of benzene rings is 1. The molecule has 0 radical (unpaired) electrons. The summed E-state index contributed by atoms with van der Waals surface area (Å²) in [4.78, 5) is 7.01. The van der Waals surface area contributed by atoms with Crippen molar-refractivity contribution in [3.05, 3.63) is 42.4 Å². The lowest BCUT2D eigenvalue weighted by molar-refractivity contribution is 0.141. The highest BCUT2D eigenvalue weighted by molar-refractivity contribution is 5.55. The van der Waals surface area contributed by atoms with Crippen molar-refractivity contribution in [3.8, 4) is 11.3 Å². The maximum Gasteiger partial charge on any atom is 0.209 e. The van der Waals surface area contributed by atoms with Gasteiger partial charge < -0.3 is 9.73 Å². The molecule has 22 heavy (non-hydrogen) atoms. The highest BCUT2D eigenvalue weighted by Crippen LogP contribution is 2.22. The number of hydrogen-bond donors (Lipinski definition) is 1. The van der Waals surface area contributed by atoms with E-state index in [1.54, 1.807) is 0 Å². The number of nitrogens with zero attached hydrogens (tertiary/aromatic N) is 2. The van der Waals surface area contributed by atoms with Crippen LogP contribution in [0.4, 0.5) is 0 Å². The van der Waals surface area contributed by atoms with E-state index < -0.39 is 0 Å². The Bertz CT molecular complexity index is 561. The maximum absolute atomic E-state index is 5.97. The normalized spacial score (nSPS) is 16.3. The molecule has 0 saturated carbocycles. The molecular formula is C18H25N3O. The number of piperidine rings is 1. The van der Waals surface area contributed by atoms with Crippen LogP contribution in [0.2, 0.25) is 0 Å². The minimum Gasteiger partial charge on any atom is -0.439 e. The summed E-state index contributed by atoms with van der Waals surface area (Å²) in [5, 5.41) is 3.44. The van der Waals surface area contributed by atoms with Crippen LogP contribution in [0.3, 0.4) is 0 Å². The lowest BCUT2D eigenvalue weighted by Crippen LogP contribution is -2.43. The van der Waals surface area contributed by atoms with Crippen LogP contribution in [0.1, 0.15) is 32.1 Å². The first-order chi connectivity index (χ1) is 10.9. The predicted molar refractivity (Wildman–Crippen MR) is 88.5 cm³/mol. The summed E-state index contributed by atoms with van der Waals surface area (Å²) in [6.07, 6.45) is 5.44. The van der Waals surface area contributed by atoms with Gasteiger partial charge in [-0.15, -0.1) is 0 Å². The lowest BCUT2D eigenvalue weighted by atomic mass is 10.0. The van der Waals surface area contributed by atoms with E-state index in [0.717, 1.165) is 49.8 Å². The van der Waals surface area contributed by atoms with Gasteiger partial charge in [-0.1, -0.05) is 37.3 Å². The average molecular weight is 299 g/mol. The van der Waals surface area contributed by atoms with Gasteiger partial charge in [0.2, 0.25) is 5.89 Å². The molecular weight excluding hydrogens is 274 g/mol. The molecule has 2 heterocycles. The molecule has 0 bridgehead atoms. The van der Waals surface area contributed by atoms with E-state index in [2.05, 4.69) is 34.3 Å². The van der Waals surface area contributed by atoms with Gasteiger partial charge in [-0.25, -0.2) is 4.98 Å². The molecule has 4 nitrogen and oxygen atoms in total. The molecule has 3 rings (SSSR count). The molecule has 0 amide bonds. The van der Waals surface area contributed by atoms with Gasteiger partial charge in [0.1, 0.15) is 0 Å². The summed E-state index contributed by atoms with van der Waals surface area (Å²) in [6, 6.07) is 10.8. The second-order valence-corrected chi connectivity index (χ2v) is 5.94. The predicted octanol–water partition coefficient (Wildman–Crippen LogP) is 3.31. The van der Waals surface area contributed by atoms with E-state index in [0.29, 0.717) is 6.04 Å². The second-order valence-electron chi connectivity index (χ2n) is 5.94. The molecule has 1 aliphatic heterocycles. The van der Waals surface area contributed by atoms with Crippen LogP contribution >= 0.6 is 0 Å². The molecule has 0 unspecified atom stereocenters. The summed E-state index contributed by atoms with van der Waals surface area (Å²) < 4.78 is 5.97. The molecule has 1 aromatic heterocycles. The van der Waals surface area contributed by atoms with Crippen LogP contribution in [0.15, 0.2) is 40.9 Å². The number of aromatic nitrogens is 1. The van der Waals surface area contributed by atoms with Crippen LogP contribution in [0.25, 0.3) is 11.3 Å². The quantitative estimate of drug-likeness (QED) is 0.888. The van der Waals surface area contributed by atoms with Gasteiger partial charge in [-0.2, -0.15) is 0 Å². The van der Waals surface area contributed by atoms with Gasteiger partial charge in [0.25, 0.3) is 0 Å². The van der Waals surface area contributed by atoms with Crippen LogP contribution in [0.5, 0.6) is 0 Å². The first-order valence-electron chi connectivity index (χ1n) is 8.31. The standard InChI is InChI=1S/C18H25N3O/c1-2-12-21(16-8-10-19-11-9-16)14-18-20-13-17(22-18)15-6-4-3-5-7-15/h3-7,13,16,19H,2,8-12,14H2,1H3. The van der Waals surface area contributed by atoms with E-state index in [4.69, 9.17) is 4.42 Å². The molecule has 0 atom stereocenters. The third-order valence-electron chi connectivity index (χ3n) is 4.29. The summed E-state index contributed by atoms with van der Waals surface area (Å²) in [7, 11) is 0. The highest BCUT2D eigenvalue weighted by atomic mass is 16.4. The minimum absolute atomic E-state index is 0.647. The van der Waals surface area contributed by atoms with Crippen molar-refractivity contribution < 1.29 is 4.42 Å². The molecule has 1 fully saturated rings. The Morgan fingerprint density at radius 3 is 2.73 bits per heavy atom. The second kappa shape index (κ2) is 7.56. The van der Waals surface area contributed by atoms with Gasteiger partial charge in [-0.05, 0) is 38.9 Å². The van der Waals surface area contributed by atoms with Crippen molar-refractivity contribution in [1.82, 2.24) is 15.2 Å². The average Bonchev–Trinajstić information content (AvgIpc) is 3.05. The van der Waals surface area contributed by atoms with Crippen molar-refractivity contribution in [3.63, 3.8) is 0 Å². The molecule has 118 valence electrons. The number of hydrogen-bond acceptors (Lipinski definition) is 4. The third kappa shape index (κ3) is 3.76. The largest absolute Gasteiger partial charge is 0.439 e. The van der Waals surface area contributed by atoms with Crippen LogP contribution in [-0.4, -0.2) is 35.6 Å². The number of oxazole rings is 1. The maximum atomic E-state index is 5.97. The van der Waals surface area contributed by atoms with Gasteiger partial charge in [-0.3, -0.25) is 4.90 Å².